The van der Waals surface area contributed by atoms with E-state index < -0.39 is 10.9 Å². The smallest absolute Gasteiger partial charge is 0.255 e. The first kappa shape index (κ1) is 9.92. The summed E-state index contributed by atoms with van der Waals surface area (Å²) in [6.45, 7) is 3.33. The van der Waals surface area contributed by atoms with E-state index in [1.54, 1.807) is 0 Å². The minimum Gasteiger partial charge on any atom is -0.408 e. The molecule has 1 radical (unpaired) electrons. The summed E-state index contributed by atoms with van der Waals surface area (Å²) in [7, 11) is 0. The van der Waals surface area contributed by atoms with Crippen LogP contribution in [0.1, 0.15) is 20.3 Å². The van der Waals surface area contributed by atoms with Crippen LogP contribution in [0.3, 0.4) is 0 Å². The van der Waals surface area contributed by atoms with Gasteiger partial charge >= 0.3 is 0 Å². The fourth-order valence-electron chi connectivity index (χ4n) is 1.62. The van der Waals surface area contributed by atoms with E-state index in [-0.39, 0.29) is 26.8 Å². The number of aliphatic hydroxyl groups excluding tert-OH is 1. The highest BCUT2D eigenvalue weighted by Crippen LogP contribution is 2.24. The number of carbonyl (C=O) groups is 2. The second-order valence-corrected chi connectivity index (χ2v) is 5.63. The van der Waals surface area contributed by atoms with Crippen molar-refractivity contribution in [1.29, 1.82) is 0 Å². The third kappa shape index (κ3) is 1.95. The van der Waals surface area contributed by atoms with Gasteiger partial charge in [-0.05, 0) is 13.3 Å². The lowest BCUT2D eigenvalue weighted by Gasteiger charge is -2.27. The van der Waals surface area contributed by atoms with Gasteiger partial charge in [0.2, 0.25) is 0 Å². The monoisotopic (exact) mass is 183 g/mol. The highest BCUT2D eigenvalue weighted by atomic mass is 27.1. The Morgan fingerprint density at radius 1 is 1.67 bits per heavy atom. The van der Waals surface area contributed by atoms with Gasteiger partial charge in [0.25, 0.3) is 15.2 Å². The van der Waals surface area contributed by atoms with Gasteiger partial charge in [0.1, 0.15) is 11.6 Å². The Balaban J connectivity index is 2.73. The van der Waals surface area contributed by atoms with Crippen molar-refractivity contribution in [2.45, 2.75) is 30.0 Å². The maximum Gasteiger partial charge on any atom is 0.255 e. The van der Waals surface area contributed by atoms with Gasteiger partial charge < -0.3 is 5.11 Å². The van der Waals surface area contributed by atoms with Crippen molar-refractivity contribution in [3.05, 3.63) is 0 Å². The Bertz CT molecular complexity index is 214. The Morgan fingerprint density at radius 3 is 2.67 bits per heavy atom. The first-order valence-corrected chi connectivity index (χ1v) is 5.42. The standard InChI is InChI=1S/C8H12O3.Al/c1-3-4-8(11)7(5-9)6(2)10;/h3,5,7,9H,4H2,1-2H3;. The summed E-state index contributed by atoms with van der Waals surface area (Å²) < 4.78 is 0.295. The van der Waals surface area contributed by atoms with Crippen molar-refractivity contribution in [1.82, 2.24) is 0 Å². The third-order valence-electron chi connectivity index (χ3n) is 2.18. The lowest BCUT2D eigenvalue weighted by atomic mass is 9.96. The van der Waals surface area contributed by atoms with Crippen molar-refractivity contribution in [2.24, 2.45) is 5.92 Å². The van der Waals surface area contributed by atoms with Crippen LogP contribution in [0.5, 0.6) is 0 Å². The van der Waals surface area contributed by atoms with Crippen LogP contribution in [-0.4, -0.2) is 36.9 Å². The van der Waals surface area contributed by atoms with Gasteiger partial charge in [-0.15, -0.1) is 0 Å². The molecule has 1 aliphatic rings. The Hall–Kier alpha value is -0.168. The van der Waals surface area contributed by atoms with E-state index in [0.717, 1.165) is 0 Å². The van der Waals surface area contributed by atoms with Gasteiger partial charge in [0, 0.05) is 4.97 Å². The number of ketones is 2. The van der Waals surface area contributed by atoms with Crippen molar-refractivity contribution in [2.75, 3.05) is 0 Å². The number of hydrogen-bond donors (Lipinski definition) is 1. The molecule has 1 fully saturated rings. The zero-order chi connectivity index (χ0) is 9.30. The summed E-state index contributed by atoms with van der Waals surface area (Å²) in [5.74, 6) is -0.982. The molecule has 0 aliphatic carbocycles. The third-order valence-corrected chi connectivity index (χ3v) is 3.85. The number of rotatable bonds is 1. The Kier molecular flexibility index (Phi) is 3.05. The van der Waals surface area contributed by atoms with Crippen LogP contribution in [0.2, 0.25) is 4.78 Å². The van der Waals surface area contributed by atoms with Crippen molar-refractivity contribution in [3.8, 4) is 0 Å². The fourth-order valence-corrected chi connectivity index (χ4v) is 3.37. The molecule has 3 atom stereocenters. The Labute approximate surface area is 77.9 Å². The van der Waals surface area contributed by atoms with Gasteiger partial charge in [-0.3, -0.25) is 9.59 Å². The molecule has 4 heteroatoms. The van der Waals surface area contributed by atoms with E-state index in [0.29, 0.717) is 11.2 Å². The lowest BCUT2D eigenvalue weighted by molar-refractivity contribution is -0.135. The molecular formula is C8H12AlO3. The summed E-state index contributed by atoms with van der Waals surface area (Å²) in [5, 5.41) is 9.48. The SMILES string of the molecule is CC(=O)C1C(=O)C[CH](C)[Al][CH]1O. The summed E-state index contributed by atoms with van der Waals surface area (Å²) in [6, 6.07) is 0. The Morgan fingerprint density at radius 2 is 2.25 bits per heavy atom. The van der Waals surface area contributed by atoms with Crippen LogP contribution in [0.15, 0.2) is 0 Å². The zero-order valence-corrected chi connectivity index (χ0v) is 8.43. The molecule has 12 heavy (non-hydrogen) atoms. The molecule has 1 N–H and O–H groups in total. The molecule has 1 saturated heterocycles. The average Bonchev–Trinajstić information content (AvgIpc) is 1.82. The summed E-state index contributed by atoms with van der Waals surface area (Å²) in [6.07, 6.45) is 0.469. The maximum atomic E-state index is 11.3. The molecule has 0 spiro atoms. The highest BCUT2D eigenvalue weighted by molar-refractivity contribution is 6.43. The largest absolute Gasteiger partial charge is 0.408 e. The van der Waals surface area contributed by atoms with E-state index in [2.05, 4.69) is 0 Å². The topological polar surface area (TPSA) is 54.4 Å². The van der Waals surface area contributed by atoms with Crippen LogP contribution in [-0.2, 0) is 9.59 Å². The fraction of sp³-hybridized carbons (Fsp3) is 0.750. The van der Waals surface area contributed by atoms with E-state index in [9.17, 15) is 14.7 Å². The van der Waals surface area contributed by atoms with Crippen molar-refractivity contribution >= 4 is 26.8 Å². The predicted molar refractivity (Wildman–Crippen MR) is 45.0 cm³/mol. The number of hydrogen-bond acceptors (Lipinski definition) is 3. The minimum absolute atomic E-state index is 0.0822. The van der Waals surface area contributed by atoms with Crippen LogP contribution in [0.25, 0.3) is 0 Å². The molecule has 0 aromatic rings. The minimum atomic E-state index is -0.712. The van der Waals surface area contributed by atoms with E-state index in [4.69, 9.17) is 0 Å². The molecule has 1 rings (SSSR count). The van der Waals surface area contributed by atoms with E-state index >= 15 is 0 Å². The quantitative estimate of drug-likeness (QED) is 0.459. The van der Waals surface area contributed by atoms with Crippen molar-refractivity contribution < 1.29 is 14.7 Å². The molecule has 65 valence electrons. The predicted octanol–water partition coefficient (Wildman–Crippen LogP) is -0.00460. The maximum absolute atomic E-state index is 11.3. The molecule has 3 nitrogen and oxygen atoms in total. The molecule has 3 unspecified atom stereocenters. The first-order valence-electron chi connectivity index (χ1n) is 4.08. The van der Waals surface area contributed by atoms with Crippen LogP contribution in [0.4, 0.5) is 0 Å². The average molecular weight is 183 g/mol. The zero-order valence-electron chi connectivity index (χ0n) is 7.28. The molecule has 1 aliphatic heterocycles. The van der Waals surface area contributed by atoms with Gasteiger partial charge in [-0.1, -0.05) is 11.7 Å². The number of aliphatic hydroxyl groups is 1. The highest BCUT2D eigenvalue weighted by Gasteiger charge is 2.37. The van der Waals surface area contributed by atoms with Gasteiger partial charge in [-0.25, -0.2) is 0 Å². The van der Waals surface area contributed by atoms with E-state index in [1.807, 2.05) is 6.92 Å². The molecule has 0 amide bonds. The second kappa shape index (κ2) is 3.70. The normalized spacial score (nSPS) is 35.9. The summed E-state index contributed by atoms with van der Waals surface area (Å²) >= 11 is -0.164. The van der Waals surface area contributed by atoms with Crippen LogP contribution < -0.4 is 0 Å². The van der Waals surface area contributed by atoms with Gasteiger partial charge in [0.05, 0.1) is 5.92 Å². The number of Topliss-reactive ketones (excluding diaryl/α,β-unsaturated/α-hetero) is 2. The van der Waals surface area contributed by atoms with Gasteiger partial charge in [0.15, 0.2) is 0 Å². The molecule has 0 aromatic carbocycles. The molecular weight excluding hydrogens is 171 g/mol. The van der Waals surface area contributed by atoms with Crippen molar-refractivity contribution in [3.63, 3.8) is 0 Å². The lowest BCUT2D eigenvalue weighted by Crippen LogP contribution is -2.43. The summed E-state index contributed by atoms with van der Waals surface area (Å²) in [4.78, 5) is 21.6. The summed E-state index contributed by atoms with van der Waals surface area (Å²) in [5.41, 5.74) is 0. The number of carbonyl (C=O) groups excluding carboxylic acids is 2. The van der Waals surface area contributed by atoms with E-state index in [1.165, 1.54) is 6.92 Å². The second-order valence-electron chi connectivity index (χ2n) is 3.42. The first-order chi connectivity index (χ1) is 5.52. The molecule has 1 heterocycles. The van der Waals surface area contributed by atoms with Crippen LogP contribution >= 0.6 is 0 Å². The molecule has 0 saturated carbocycles. The molecule has 0 aromatic heterocycles. The van der Waals surface area contributed by atoms with Crippen LogP contribution in [0, 0.1) is 5.92 Å². The van der Waals surface area contributed by atoms with Gasteiger partial charge in [-0.2, -0.15) is 0 Å². The molecule has 0 bridgehead atoms.